The zero-order valence-electron chi connectivity index (χ0n) is 8.04. The summed E-state index contributed by atoms with van der Waals surface area (Å²) < 4.78 is 11.0. The van der Waals surface area contributed by atoms with Crippen LogP contribution >= 0.6 is 0 Å². The van der Waals surface area contributed by atoms with Crippen molar-refractivity contribution in [2.45, 2.75) is 25.9 Å². The molecule has 1 unspecified atom stereocenters. The molecule has 1 aliphatic heterocycles. The first-order valence-electron chi connectivity index (χ1n) is 4.64. The molecule has 2 heteroatoms. The Morgan fingerprint density at radius 2 is 2.31 bits per heavy atom. The minimum atomic E-state index is 0.333. The van der Waals surface area contributed by atoms with Gasteiger partial charge in [0.15, 0.2) is 0 Å². The Kier molecular flexibility index (Phi) is 2.13. The number of ether oxygens (including phenoxy) is 2. The van der Waals surface area contributed by atoms with Crippen LogP contribution in [0.4, 0.5) is 0 Å². The van der Waals surface area contributed by atoms with E-state index in [2.05, 4.69) is 6.92 Å². The molecule has 0 amide bonds. The fraction of sp³-hybridized carbons (Fsp3) is 0.455. The maximum Gasteiger partial charge on any atom is 0.126 e. The van der Waals surface area contributed by atoms with Crippen molar-refractivity contribution >= 4 is 0 Å². The number of hydrogen-bond donors (Lipinski definition) is 0. The summed E-state index contributed by atoms with van der Waals surface area (Å²) in [5.74, 6) is 1.93. The van der Waals surface area contributed by atoms with Crippen molar-refractivity contribution in [2.75, 3.05) is 7.11 Å². The Labute approximate surface area is 78.5 Å². The van der Waals surface area contributed by atoms with Crippen LogP contribution in [0.3, 0.4) is 0 Å². The van der Waals surface area contributed by atoms with Crippen molar-refractivity contribution in [2.24, 2.45) is 0 Å². The van der Waals surface area contributed by atoms with E-state index in [0.29, 0.717) is 6.10 Å². The van der Waals surface area contributed by atoms with E-state index in [1.807, 2.05) is 18.2 Å². The average molecular weight is 178 g/mol. The predicted octanol–water partition coefficient (Wildman–Crippen LogP) is 2.41. The second-order valence-electron chi connectivity index (χ2n) is 3.40. The molecule has 0 aliphatic carbocycles. The highest BCUT2D eigenvalue weighted by Gasteiger charge is 2.18. The molecule has 0 spiro atoms. The normalized spacial score (nSPS) is 20.3. The van der Waals surface area contributed by atoms with Gasteiger partial charge in [0.2, 0.25) is 0 Å². The molecule has 0 radical (unpaired) electrons. The van der Waals surface area contributed by atoms with E-state index in [0.717, 1.165) is 24.3 Å². The molecule has 13 heavy (non-hydrogen) atoms. The monoisotopic (exact) mass is 178 g/mol. The smallest absolute Gasteiger partial charge is 0.126 e. The van der Waals surface area contributed by atoms with Gasteiger partial charge in [-0.2, -0.15) is 0 Å². The topological polar surface area (TPSA) is 18.5 Å². The average Bonchev–Trinajstić information content (AvgIpc) is 2.16. The lowest BCUT2D eigenvalue weighted by molar-refractivity contribution is 0.190. The SMILES string of the molecule is COc1cccc2c1CCC(C)O2. The van der Waals surface area contributed by atoms with E-state index in [1.54, 1.807) is 7.11 Å². The quantitative estimate of drug-likeness (QED) is 0.657. The highest BCUT2D eigenvalue weighted by Crippen LogP contribution is 2.34. The summed E-state index contributed by atoms with van der Waals surface area (Å²) in [6.45, 7) is 2.10. The molecule has 2 rings (SSSR count). The van der Waals surface area contributed by atoms with Crippen LogP contribution in [0.15, 0.2) is 18.2 Å². The van der Waals surface area contributed by atoms with E-state index < -0.39 is 0 Å². The number of benzene rings is 1. The lowest BCUT2D eigenvalue weighted by atomic mass is 10.0. The van der Waals surface area contributed by atoms with Gasteiger partial charge in [0, 0.05) is 5.56 Å². The number of fused-ring (bicyclic) bond motifs is 1. The molecule has 1 heterocycles. The Balaban J connectivity index is 2.39. The van der Waals surface area contributed by atoms with Gasteiger partial charge in [0.1, 0.15) is 11.5 Å². The third-order valence-corrected chi connectivity index (χ3v) is 2.44. The molecule has 0 N–H and O–H groups in total. The van der Waals surface area contributed by atoms with Gasteiger partial charge in [-0.15, -0.1) is 0 Å². The van der Waals surface area contributed by atoms with Crippen molar-refractivity contribution < 1.29 is 9.47 Å². The van der Waals surface area contributed by atoms with Gasteiger partial charge in [-0.3, -0.25) is 0 Å². The molecule has 0 aromatic heterocycles. The lowest BCUT2D eigenvalue weighted by Gasteiger charge is -2.24. The lowest BCUT2D eigenvalue weighted by Crippen LogP contribution is -2.19. The van der Waals surface area contributed by atoms with Gasteiger partial charge in [-0.05, 0) is 31.9 Å². The van der Waals surface area contributed by atoms with E-state index in [4.69, 9.17) is 9.47 Å². The second kappa shape index (κ2) is 3.29. The molecule has 2 nitrogen and oxygen atoms in total. The van der Waals surface area contributed by atoms with Crippen LogP contribution in [-0.2, 0) is 6.42 Å². The molecule has 70 valence electrons. The first-order valence-corrected chi connectivity index (χ1v) is 4.64. The number of rotatable bonds is 1. The van der Waals surface area contributed by atoms with Crippen molar-refractivity contribution in [3.05, 3.63) is 23.8 Å². The summed E-state index contributed by atoms with van der Waals surface area (Å²) in [5.41, 5.74) is 1.21. The van der Waals surface area contributed by atoms with Gasteiger partial charge in [-0.25, -0.2) is 0 Å². The molecule has 0 bridgehead atoms. The molecule has 0 saturated carbocycles. The third-order valence-electron chi connectivity index (χ3n) is 2.44. The predicted molar refractivity (Wildman–Crippen MR) is 51.4 cm³/mol. The highest BCUT2D eigenvalue weighted by molar-refractivity contribution is 5.45. The molecular formula is C11H14O2. The fourth-order valence-corrected chi connectivity index (χ4v) is 1.72. The van der Waals surface area contributed by atoms with Crippen molar-refractivity contribution in [3.63, 3.8) is 0 Å². The second-order valence-corrected chi connectivity index (χ2v) is 3.40. The maximum atomic E-state index is 5.69. The van der Waals surface area contributed by atoms with Gasteiger partial charge < -0.3 is 9.47 Å². The molecule has 1 aromatic rings. The zero-order chi connectivity index (χ0) is 9.26. The van der Waals surface area contributed by atoms with E-state index in [9.17, 15) is 0 Å². The van der Waals surface area contributed by atoms with Gasteiger partial charge in [0.25, 0.3) is 0 Å². The van der Waals surface area contributed by atoms with Crippen molar-refractivity contribution in [3.8, 4) is 11.5 Å². The zero-order valence-corrected chi connectivity index (χ0v) is 8.04. The number of methoxy groups -OCH3 is 1. The first-order chi connectivity index (χ1) is 6.31. The van der Waals surface area contributed by atoms with Crippen LogP contribution < -0.4 is 9.47 Å². The van der Waals surface area contributed by atoms with Crippen LogP contribution in [0.25, 0.3) is 0 Å². The van der Waals surface area contributed by atoms with Crippen molar-refractivity contribution in [1.82, 2.24) is 0 Å². The minimum Gasteiger partial charge on any atom is -0.496 e. The Bertz CT molecular complexity index is 307. The summed E-state index contributed by atoms with van der Waals surface area (Å²) in [5, 5.41) is 0. The molecule has 0 saturated heterocycles. The van der Waals surface area contributed by atoms with Crippen LogP contribution in [0.1, 0.15) is 18.9 Å². The van der Waals surface area contributed by atoms with E-state index in [1.165, 1.54) is 5.56 Å². The standard InChI is InChI=1S/C11H14O2/c1-8-6-7-9-10(12-2)4-3-5-11(9)13-8/h3-5,8H,6-7H2,1-2H3. The molecule has 1 atom stereocenters. The summed E-state index contributed by atoms with van der Waals surface area (Å²) in [7, 11) is 1.70. The Morgan fingerprint density at radius 1 is 1.46 bits per heavy atom. The van der Waals surface area contributed by atoms with Gasteiger partial charge in [-0.1, -0.05) is 6.07 Å². The third kappa shape index (κ3) is 1.48. The van der Waals surface area contributed by atoms with Crippen LogP contribution in [0.5, 0.6) is 11.5 Å². The largest absolute Gasteiger partial charge is 0.496 e. The molecular weight excluding hydrogens is 164 g/mol. The van der Waals surface area contributed by atoms with Crippen LogP contribution in [0, 0.1) is 0 Å². The minimum absolute atomic E-state index is 0.333. The Hall–Kier alpha value is -1.18. The Morgan fingerprint density at radius 3 is 3.08 bits per heavy atom. The van der Waals surface area contributed by atoms with Crippen LogP contribution in [0.2, 0.25) is 0 Å². The summed E-state index contributed by atoms with van der Waals surface area (Å²) in [4.78, 5) is 0. The molecule has 1 aromatic carbocycles. The highest BCUT2D eigenvalue weighted by atomic mass is 16.5. The van der Waals surface area contributed by atoms with Gasteiger partial charge in [0.05, 0.1) is 13.2 Å². The molecule has 0 fully saturated rings. The van der Waals surface area contributed by atoms with Crippen LogP contribution in [-0.4, -0.2) is 13.2 Å². The van der Waals surface area contributed by atoms with Crippen molar-refractivity contribution in [1.29, 1.82) is 0 Å². The fourth-order valence-electron chi connectivity index (χ4n) is 1.72. The van der Waals surface area contributed by atoms with E-state index in [-0.39, 0.29) is 0 Å². The van der Waals surface area contributed by atoms with Gasteiger partial charge >= 0.3 is 0 Å². The molecule has 1 aliphatic rings. The van der Waals surface area contributed by atoms with E-state index >= 15 is 0 Å². The summed E-state index contributed by atoms with van der Waals surface area (Å²) in [6, 6.07) is 5.96. The number of hydrogen-bond acceptors (Lipinski definition) is 2. The summed E-state index contributed by atoms with van der Waals surface area (Å²) >= 11 is 0. The summed E-state index contributed by atoms with van der Waals surface area (Å²) in [6.07, 6.45) is 2.47. The maximum absolute atomic E-state index is 5.69. The first kappa shape index (κ1) is 8.42.